The molecule has 5 nitrogen and oxygen atoms in total. The number of carboxylic acid groups (broad SMARTS) is 1. The van der Waals surface area contributed by atoms with Crippen LogP contribution in [0.3, 0.4) is 0 Å². The van der Waals surface area contributed by atoms with Gasteiger partial charge in [0, 0.05) is 0 Å². The summed E-state index contributed by atoms with van der Waals surface area (Å²) in [5.74, 6) is 0.200. The molecule has 4 aromatic rings. The SMILES string of the molecule is [CH3][Sn]([CH3])([CH3])[c]1cc(CCC(=O)O)ccc1OCCCNc1c2ccccc2nc2ccccc12. The summed E-state index contributed by atoms with van der Waals surface area (Å²) < 4.78 is 7.56. The fraction of sp³-hybridized carbons (Fsp3) is 0.286. The number of benzene rings is 3. The molecule has 6 heteroatoms. The summed E-state index contributed by atoms with van der Waals surface area (Å²) >= 11 is -2.43. The number of hydrogen-bond donors (Lipinski definition) is 2. The molecule has 4 rings (SSSR count). The molecule has 0 fully saturated rings. The van der Waals surface area contributed by atoms with Gasteiger partial charge < -0.3 is 0 Å². The quantitative estimate of drug-likeness (QED) is 0.144. The van der Waals surface area contributed by atoms with Gasteiger partial charge in [-0.05, 0) is 0 Å². The third-order valence-electron chi connectivity index (χ3n) is 5.95. The zero-order chi connectivity index (χ0) is 24.1. The van der Waals surface area contributed by atoms with Crippen molar-refractivity contribution in [3.8, 4) is 5.75 Å². The average Bonchev–Trinajstić information content (AvgIpc) is 2.81. The van der Waals surface area contributed by atoms with Crippen LogP contribution >= 0.6 is 0 Å². The Labute approximate surface area is 205 Å². The van der Waals surface area contributed by atoms with Crippen LogP contribution in [0.25, 0.3) is 21.8 Å². The molecule has 0 saturated heterocycles. The van der Waals surface area contributed by atoms with Crippen LogP contribution in [-0.4, -0.2) is 47.6 Å². The van der Waals surface area contributed by atoms with Crippen LogP contribution in [0.15, 0.2) is 66.7 Å². The second-order valence-electron chi connectivity index (χ2n) is 9.62. The Hall–Kier alpha value is -2.80. The van der Waals surface area contributed by atoms with Gasteiger partial charge in [0.25, 0.3) is 0 Å². The minimum absolute atomic E-state index is 0.156. The van der Waals surface area contributed by atoms with Crippen LogP contribution in [0.2, 0.25) is 14.8 Å². The van der Waals surface area contributed by atoms with E-state index in [2.05, 4.69) is 50.5 Å². The van der Waals surface area contributed by atoms with Crippen molar-refractivity contribution in [1.82, 2.24) is 4.98 Å². The molecule has 3 aromatic carbocycles. The van der Waals surface area contributed by atoms with E-state index < -0.39 is 24.3 Å². The van der Waals surface area contributed by atoms with E-state index in [1.54, 1.807) is 0 Å². The van der Waals surface area contributed by atoms with E-state index >= 15 is 0 Å². The van der Waals surface area contributed by atoms with E-state index in [9.17, 15) is 4.79 Å². The minimum atomic E-state index is -2.43. The maximum absolute atomic E-state index is 11.0. The first kappa shape index (κ1) is 24.3. The number of pyridine rings is 1. The van der Waals surface area contributed by atoms with E-state index in [0.29, 0.717) is 13.0 Å². The standard InChI is InChI=1S/C25H23N2O3.3CH3.Sn/c28-24(29)15-12-18-10-13-19(14-11-18)30-17-5-16-26-25-20-6-1-3-8-22(20)27-23-9-4-2-7-21(23)25;;;;/h1-4,6-11,13H,5,12,15-17H2,(H,26,27)(H,28,29);3*1H3;. The van der Waals surface area contributed by atoms with Crippen LogP contribution in [0.5, 0.6) is 5.75 Å². The number of hydrogen-bond acceptors (Lipinski definition) is 4. The number of aliphatic carboxylic acids is 1. The van der Waals surface area contributed by atoms with E-state index in [4.69, 9.17) is 14.8 Å². The predicted octanol–water partition coefficient (Wildman–Crippen LogP) is 5.83. The molecular formula is C28H32N2O3Sn. The van der Waals surface area contributed by atoms with Gasteiger partial charge >= 0.3 is 206 Å². The molecule has 34 heavy (non-hydrogen) atoms. The molecule has 0 aliphatic carbocycles. The van der Waals surface area contributed by atoms with Crippen molar-refractivity contribution in [2.45, 2.75) is 34.1 Å². The van der Waals surface area contributed by atoms with Gasteiger partial charge in [-0.1, -0.05) is 0 Å². The number of rotatable bonds is 10. The molecule has 0 unspecified atom stereocenters. The van der Waals surface area contributed by atoms with Crippen LogP contribution in [-0.2, 0) is 11.2 Å². The Balaban J connectivity index is 1.43. The van der Waals surface area contributed by atoms with Crippen LogP contribution < -0.4 is 13.6 Å². The van der Waals surface area contributed by atoms with E-state index in [1.807, 2.05) is 36.4 Å². The molecular weight excluding hydrogens is 531 g/mol. The summed E-state index contributed by atoms with van der Waals surface area (Å²) in [7, 11) is 0. The van der Waals surface area contributed by atoms with Gasteiger partial charge in [-0.15, -0.1) is 0 Å². The molecule has 0 bridgehead atoms. The molecule has 0 aliphatic heterocycles. The Morgan fingerprint density at radius 2 is 1.62 bits per heavy atom. The summed E-state index contributed by atoms with van der Waals surface area (Å²) in [4.78, 5) is 22.8. The summed E-state index contributed by atoms with van der Waals surface area (Å²) in [6.07, 6.45) is 1.58. The first-order valence-electron chi connectivity index (χ1n) is 11.8. The third-order valence-corrected chi connectivity index (χ3v) is 11.7. The Morgan fingerprint density at radius 1 is 0.971 bits per heavy atom. The summed E-state index contributed by atoms with van der Waals surface area (Å²) in [5.41, 5.74) is 4.18. The van der Waals surface area contributed by atoms with Gasteiger partial charge in [0.15, 0.2) is 0 Å². The number of nitrogens with one attached hydrogen (secondary N) is 1. The number of aromatic nitrogens is 1. The van der Waals surface area contributed by atoms with E-state index in [-0.39, 0.29) is 6.42 Å². The third kappa shape index (κ3) is 5.81. The van der Waals surface area contributed by atoms with Crippen molar-refractivity contribution in [3.63, 3.8) is 0 Å². The summed E-state index contributed by atoms with van der Waals surface area (Å²) in [6, 6.07) is 22.7. The second-order valence-corrected chi connectivity index (χ2v) is 24.0. The van der Waals surface area contributed by atoms with Gasteiger partial charge in [-0.25, -0.2) is 0 Å². The molecule has 0 atom stereocenters. The zero-order valence-electron chi connectivity index (χ0n) is 20.1. The van der Waals surface area contributed by atoms with Crippen molar-refractivity contribution in [1.29, 1.82) is 0 Å². The van der Waals surface area contributed by atoms with Crippen LogP contribution in [0, 0.1) is 0 Å². The molecule has 1 heterocycles. The number of anilines is 1. The molecule has 0 radical (unpaired) electrons. The van der Waals surface area contributed by atoms with Crippen molar-refractivity contribution in [2.24, 2.45) is 0 Å². The van der Waals surface area contributed by atoms with Gasteiger partial charge in [0.2, 0.25) is 0 Å². The zero-order valence-corrected chi connectivity index (χ0v) is 23.0. The fourth-order valence-electron chi connectivity index (χ4n) is 4.19. The van der Waals surface area contributed by atoms with E-state index in [1.165, 1.54) is 3.58 Å². The first-order valence-corrected chi connectivity index (χ1v) is 21.8. The summed E-state index contributed by atoms with van der Waals surface area (Å²) in [5, 5.41) is 14.9. The van der Waals surface area contributed by atoms with Crippen molar-refractivity contribution >= 4 is 55.4 Å². The molecule has 0 spiro atoms. The maximum atomic E-state index is 11.0. The molecule has 1 aromatic heterocycles. The topological polar surface area (TPSA) is 71.5 Å². The average molecular weight is 563 g/mol. The van der Waals surface area contributed by atoms with Crippen molar-refractivity contribution in [2.75, 3.05) is 18.5 Å². The monoisotopic (exact) mass is 564 g/mol. The van der Waals surface area contributed by atoms with Crippen LogP contribution in [0.1, 0.15) is 18.4 Å². The first-order chi connectivity index (χ1) is 16.3. The van der Waals surface area contributed by atoms with Crippen molar-refractivity contribution < 1.29 is 14.6 Å². The van der Waals surface area contributed by atoms with Gasteiger partial charge in [-0.2, -0.15) is 0 Å². The number of nitrogens with zero attached hydrogens (tertiary/aromatic N) is 1. The van der Waals surface area contributed by atoms with Gasteiger partial charge in [0.05, 0.1) is 0 Å². The number of aryl methyl sites for hydroxylation is 1. The summed E-state index contributed by atoms with van der Waals surface area (Å²) in [6.45, 7) is 1.42. The molecule has 0 amide bonds. The fourth-order valence-corrected chi connectivity index (χ4v) is 8.51. The molecule has 0 aliphatic rings. The predicted molar refractivity (Wildman–Crippen MR) is 143 cm³/mol. The van der Waals surface area contributed by atoms with Gasteiger partial charge in [0.1, 0.15) is 0 Å². The molecule has 176 valence electrons. The Morgan fingerprint density at radius 3 is 2.24 bits per heavy atom. The normalized spacial score (nSPS) is 11.6. The van der Waals surface area contributed by atoms with Crippen molar-refractivity contribution in [3.05, 3.63) is 72.3 Å². The Kier molecular flexibility index (Phi) is 7.61. The number of carbonyl (C=O) groups is 1. The number of carboxylic acids is 1. The number of ether oxygens (including phenoxy) is 1. The number of fused-ring (bicyclic) bond motifs is 2. The Bertz CT molecular complexity index is 1260. The molecule has 0 saturated carbocycles. The van der Waals surface area contributed by atoms with Crippen LogP contribution in [0.4, 0.5) is 5.69 Å². The van der Waals surface area contributed by atoms with Gasteiger partial charge in [-0.3, -0.25) is 0 Å². The molecule has 2 N–H and O–H groups in total. The number of para-hydroxylation sites is 2. The second kappa shape index (κ2) is 10.6. The van der Waals surface area contributed by atoms with E-state index in [0.717, 1.165) is 51.8 Å².